The first-order chi connectivity index (χ1) is 13.3. The van der Waals surface area contributed by atoms with Crippen molar-refractivity contribution in [1.29, 1.82) is 0 Å². The second-order valence-corrected chi connectivity index (χ2v) is 9.93. The van der Waals surface area contributed by atoms with E-state index in [0.29, 0.717) is 24.2 Å². The van der Waals surface area contributed by atoms with Crippen molar-refractivity contribution in [1.82, 2.24) is 0 Å². The van der Waals surface area contributed by atoms with Crippen molar-refractivity contribution in [2.45, 2.75) is 86.6 Å². The van der Waals surface area contributed by atoms with Crippen LogP contribution in [-0.4, -0.2) is 43.2 Å². The Morgan fingerprint density at radius 1 is 1.36 bits per heavy atom. The van der Waals surface area contributed by atoms with E-state index in [0.717, 1.165) is 25.7 Å². The van der Waals surface area contributed by atoms with Gasteiger partial charge in [0.15, 0.2) is 0 Å². The number of hydrogen-bond donors (Lipinski definition) is 3. The summed E-state index contributed by atoms with van der Waals surface area (Å²) in [4.78, 5) is 10.8. The molecule has 6 atom stereocenters. The van der Waals surface area contributed by atoms with Crippen molar-refractivity contribution in [3.8, 4) is 0 Å². The zero-order valence-electron chi connectivity index (χ0n) is 16.8. The summed E-state index contributed by atoms with van der Waals surface area (Å²) in [7, 11) is 0. The fourth-order valence-electron chi connectivity index (χ4n) is 4.43. The van der Waals surface area contributed by atoms with Gasteiger partial charge in [0.2, 0.25) is 0 Å². The van der Waals surface area contributed by atoms with Gasteiger partial charge < -0.3 is 20.1 Å². The van der Waals surface area contributed by atoms with E-state index in [1.54, 1.807) is 0 Å². The molecule has 3 N–H and O–H groups in total. The number of hydrogen-bond acceptors (Lipinski definition) is 4. The van der Waals surface area contributed by atoms with Crippen LogP contribution in [0.2, 0.25) is 0 Å². The van der Waals surface area contributed by atoms with Gasteiger partial charge in [-0.2, -0.15) is 0 Å². The third-order valence-corrected chi connectivity index (χ3v) is 7.69. The second kappa shape index (κ2) is 11.1. The van der Waals surface area contributed by atoms with Crippen LogP contribution >= 0.6 is 22.6 Å². The third-order valence-electron chi connectivity index (χ3n) is 6.26. The molecule has 1 aliphatic heterocycles. The first-order valence-electron chi connectivity index (χ1n) is 10.5. The summed E-state index contributed by atoms with van der Waals surface area (Å²) in [6, 6.07) is 0. The summed E-state index contributed by atoms with van der Waals surface area (Å²) in [6.07, 6.45) is 15.2. The fourth-order valence-corrected chi connectivity index (χ4v) is 5.21. The van der Waals surface area contributed by atoms with Crippen LogP contribution in [0.25, 0.3) is 0 Å². The molecule has 0 radical (unpaired) electrons. The molecule has 2 fully saturated rings. The van der Waals surface area contributed by atoms with Gasteiger partial charge in [-0.25, -0.2) is 4.79 Å². The number of allylic oxidation sites excluding steroid dienone is 3. The van der Waals surface area contributed by atoms with Crippen LogP contribution in [0.3, 0.4) is 0 Å². The molecule has 1 unspecified atom stereocenters. The van der Waals surface area contributed by atoms with E-state index >= 15 is 0 Å². The monoisotopic (exact) mass is 506 g/mol. The van der Waals surface area contributed by atoms with Crippen molar-refractivity contribution in [2.75, 3.05) is 0 Å². The lowest BCUT2D eigenvalue weighted by molar-refractivity contribution is -0.205. The topological polar surface area (TPSA) is 87.0 Å². The molecule has 1 heterocycles. The van der Waals surface area contributed by atoms with E-state index < -0.39 is 11.8 Å². The molecule has 0 aromatic carbocycles. The predicted molar refractivity (Wildman–Crippen MR) is 118 cm³/mol. The van der Waals surface area contributed by atoms with Crippen LogP contribution in [0.15, 0.2) is 24.8 Å². The Kier molecular flexibility index (Phi) is 9.44. The Bertz CT molecular complexity index is 547. The van der Waals surface area contributed by atoms with Crippen molar-refractivity contribution >= 4 is 28.6 Å². The minimum absolute atomic E-state index is 0.0573. The minimum Gasteiger partial charge on any atom is -0.477 e. The molecule has 0 aromatic heterocycles. The van der Waals surface area contributed by atoms with E-state index in [-0.39, 0.29) is 22.6 Å². The molecular weight excluding hydrogens is 471 g/mol. The molecule has 0 amide bonds. The van der Waals surface area contributed by atoms with Crippen LogP contribution in [0.5, 0.6) is 0 Å². The Labute approximate surface area is 182 Å². The quantitative estimate of drug-likeness (QED) is 0.158. The standard InChI is InChI=1S/C22H35IO5/c1-3-5-7-15(4-2)8-6-9-16-10-11-19-17(16)14-20(28-19)18(23)12-13-22(26,27)21(24)25/h4,6,9,15-20,26-27H,2-3,5,7-8,10-14H2,1H3,(H,24,25)/t15-,16+,17-,18?,19-,20-/m1/s1. The Morgan fingerprint density at radius 3 is 2.75 bits per heavy atom. The van der Waals surface area contributed by atoms with Crippen LogP contribution < -0.4 is 0 Å². The number of aliphatic carboxylic acids is 1. The van der Waals surface area contributed by atoms with Crippen molar-refractivity contribution in [3.05, 3.63) is 24.8 Å². The molecule has 0 spiro atoms. The highest BCUT2D eigenvalue weighted by Crippen LogP contribution is 2.46. The van der Waals surface area contributed by atoms with Crippen LogP contribution in [-0.2, 0) is 9.53 Å². The third kappa shape index (κ3) is 6.54. The molecule has 0 bridgehead atoms. The first kappa shape index (κ1) is 23.8. The lowest BCUT2D eigenvalue weighted by Gasteiger charge is -2.22. The minimum atomic E-state index is -2.65. The number of carboxylic acids is 1. The fraction of sp³-hybridized carbons (Fsp3) is 0.773. The van der Waals surface area contributed by atoms with E-state index in [1.165, 1.54) is 19.3 Å². The van der Waals surface area contributed by atoms with Gasteiger partial charge in [0.1, 0.15) is 0 Å². The molecule has 28 heavy (non-hydrogen) atoms. The highest BCUT2D eigenvalue weighted by molar-refractivity contribution is 14.1. The van der Waals surface area contributed by atoms with Crippen molar-refractivity contribution < 1.29 is 24.9 Å². The van der Waals surface area contributed by atoms with Gasteiger partial charge in [-0.3, -0.25) is 0 Å². The highest BCUT2D eigenvalue weighted by atomic mass is 127. The number of fused-ring (bicyclic) bond motifs is 1. The Balaban J connectivity index is 1.81. The van der Waals surface area contributed by atoms with E-state index in [1.807, 2.05) is 0 Å². The molecule has 0 aromatic rings. The zero-order valence-corrected chi connectivity index (χ0v) is 19.0. The lowest BCUT2D eigenvalue weighted by Crippen LogP contribution is -2.39. The van der Waals surface area contributed by atoms with Crippen LogP contribution in [0.4, 0.5) is 0 Å². The van der Waals surface area contributed by atoms with Gasteiger partial charge in [0.25, 0.3) is 5.79 Å². The van der Waals surface area contributed by atoms with Crippen LogP contribution in [0, 0.1) is 17.8 Å². The Morgan fingerprint density at radius 2 is 2.11 bits per heavy atom. The maximum Gasteiger partial charge on any atom is 0.364 e. The summed E-state index contributed by atoms with van der Waals surface area (Å²) in [5.41, 5.74) is 0. The molecular formula is C22H35IO5. The average molecular weight is 506 g/mol. The molecule has 1 aliphatic carbocycles. The maximum absolute atomic E-state index is 10.8. The summed E-state index contributed by atoms with van der Waals surface area (Å²) in [5.74, 6) is -2.62. The number of ether oxygens (including phenoxy) is 1. The summed E-state index contributed by atoms with van der Waals surface area (Å²) in [6.45, 7) is 6.18. The SMILES string of the molecule is C=C[C@@H](CC=C[C@H]1CC[C@H]2O[C@@H](C(I)CCC(O)(O)C(=O)O)C[C@H]12)CCCC. The zero-order chi connectivity index (χ0) is 20.7. The summed E-state index contributed by atoms with van der Waals surface area (Å²) >= 11 is 2.26. The maximum atomic E-state index is 10.8. The highest BCUT2D eigenvalue weighted by Gasteiger charge is 2.45. The molecule has 5 nitrogen and oxygen atoms in total. The van der Waals surface area contributed by atoms with Gasteiger partial charge in [-0.15, -0.1) is 6.58 Å². The Hall–Kier alpha value is -0.440. The number of carbonyl (C=O) groups is 1. The molecule has 6 heteroatoms. The number of unbranched alkanes of at least 4 members (excludes halogenated alkanes) is 1. The molecule has 1 saturated carbocycles. The number of halogens is 1. The van der Waals surface area contributed by atoms with Gasteiger partial charge in [0, 0.05) is 10.3 Å². The van der Waals surface area contributed by atoms with Crippen molar-refractivity contribution in [2.24, 2.45) is 17.8 Å². The van der Waals surface area contributed by atoms with Gasteiger partial charge in [-0.05, 0) is 56.3 Å². The normalized spacial score (nSPS) is 29.7. The van der Waals surface area contributed by atoms with Gasteiger partial charge >= 0.3 is 5.97 Å². The summed E-state index contributed by atoms with van der Waals surface area (Å²) < 4.78 is 6.31. The molecule has 160 valence electrons. The van der Waals surface area contributed by atoms with Gasteiger partial charge in [-0.1, -0.05) is 60.6 Å². The van der Waals surface area contributed by atoms with E-state index in [2.05, 4.69) is 54.3 Å². The second-order valence-electron chi connectivity index (χ2n) is 8.33. The molecule has 2 aliphatic rings. The van der Waals surface area contributed by atoms with Crippen molar-refractivity contribution in [3.63, 3.8) is 0 Å². The van der Waals surface area contributed by atoms with Crippen LogP contribution in [0.1, 0.15) is 64.7 Å². The predicted octanol–water partition coefficient (Wildman–Crippen LogP) is 4.46. The number of carboxylic acid groups (broad SMARTS) is 1. The smallest absolute Gasteiger partial charge is 0.364 e. The number of alkyl halides is 1. The lowest BCUT2D eigenvalue weighted by atomic mass is 9.89. The van der Waals surface area contributed by atoms with E-state index in [9.17, 15) is 15.0 Å². The largest absolute Gasteiger partial charge is 0.477 e. The number of rotatable bonds is 12. The van der Waals surface area contributed by atoms with Gasteiger partial charge in [0.05, 0.1) is 12.2 Å². The average Bonchev–Trinajstić information content (AvgIpc) is 3.24. The van der Waals surface area contributed by atoms with E-state index in [4.69, 9.17) is 9.84 Å². The first-order valence-corrected chi connectivity index (χ1v) is 11.8. The molecule has 1 saturated heterocycles. The number of aliphatic hydroxyl groups is 2. The summed E-state index contributed by atoms with van der Waals surface area (Å²) in [5, 5.41) is 27.8. The molecule has 2 rings (SSSR count).